The number of rotatable bonds is 6. The van der Waals surface area contributed by atoms with E-state index < -0.39 is 22.4 Å². The summed E-state index contributed by atoms with van der Waals surface area (Å²) in [6.07, 6.45) is 0.753. The van der Waals surface area contributed by atoms with Crippen LogP contribution in [0, 0.1) is 4.78 Å². The van der Waals surface area contributed by atoms with E-state index in [9.17, 15) is 9.59 Å². The van der Waals surface area contributed by atoms with Gasteiger partial charge in [0.05, 0.1) is 6.54 Å². The average Bonchev–Trinajstić information content (AvgIpc) is 3.00. The molecule has 0 saturated heterocycles. The second kappa shape index (κ2) is 9.09. The van der Waals surface area contributed by atoms with Gasteiger partial charge in [-0.3, -0.25) is 9.35 Å². The second-order valence-electron chi connectivity index (χ2n) is 6.78. The van der Waals surface area contributed by atoms with Crippen molar-refractivity contribution in [2.45, 2.75) is 32.0 Å². The molecule has 9 nitrogen and oxygen atoms in total. The van der Waals surface area contributed by atoms with Crippen molar-refractivity contribution in [3.05, 3.63) is 44.8 Å². The Morgan fingerprint density at radius 2 is 1.93 bits per heavy atom. The van der Waals surface area contributed by atoms with Crippen molar-refractivity contribution < 1.29 is 4.79 Å². The summed E-state index contributed by atoms with van der Waals surface area (Å²) in [7, 11) is 0.676. The molecule has 160 valence electrons. The molecule has 1 unspecified atom stereocenters. The van der Waals surface area contributed by atoms with Gasteiger partial charge >= 0.3 is 11.7 Å². The quantitative estimate of drug-likeness (QED) is 0.510. The SMILES string of the molecule is CCCN(C)C(=O)n1c(=O)n(Cc2ccc(Br)cc2)c2nc(S(=N)CC)nc(N)c21. The van der Waals surface area contributed by atoms with Crippen molar-refractivity contribution >= 4 is 49.6 Å². The summed E-state index contributed by atoms with van der Waals surface area (Å²) < 4.78 is 11.6. The molecule has 0 fully saturated rings. The maximum atomic E-state index is 13.3. The standard InChI is InChI=1S/C19H24BrN7O2S/c1-4-10-25(3)18(28)27-14-15(21)23-17(30(22)5-2)24-16(14)26(19(27)29)11-12-6-8-13(20)9-7-12/h6-9,22H,4-5,10-11H2,1-3H3,(H2,21,23,24). The van der Waals surface area contributed by atoms with Crippen LogP contribution >= 0.6 is 15.9 Å². The van der Waals surface area contributed by atoms with Gasteiger partial charge < -0.3 is 10.6 Å². The van der Waals surface area contributed by atoms with Crippen LogP contribution in [-0.2, 0) is 17.2 Å². The highest BCUT2D eigenvalue weighted by molar-refractivity contribution is 9.10. The van der Waals surface area contributed by atoms with Crippen molar-refractivity contribution in [2.75, 3.05) is 25.1 Å². The zero-order valence-corrected chi connectivity index (χ0v) is 19.5. The number of anilines is 1. The number of halogens is 1. The molecular weight excluding hydrogens is 470 g/mol. The smallest absolute Gasteiger partial charge is 0.339 e. The Morgan fingerprint density at radius 3 is 2.53 bits per heavy atom. The van der Waals surface area contributed by atoms with Crippen LogP contribution in [0.25, 0.3) is 11.2 Å². The Balaban J connectivity index is 2.27. The molecule has 3 aromatic rings. The lowest BCUT2D eigenvalue weighted by Gasteiger charge is -2.16. The van der Waals surface area contributed by atoms with Gasteiger partial charge in [-0.25, -0.2) is 24.1 Å². The molecule has 11 heteroatoms. The number of amides is 1. The summed E-state index contributed by atoms with van der Waals surface area (Å²) in [5.41, 5.74) is 6.97. The fourth-order valence-electron chi connectivity index (χ4n) is 3.08. The Kier molecular flexibility index (Phi) is 6.71. The van der Waals surface area contributed by atoms with Gasteiger partial charge in [-0.2, -0.15) is 0 Å². The Bertz CT molecular complexity index is 1170. The van der Waals surface area contributed by atoms with E-state index in [1.165, 1.54) is 9.47 Å². The number of hydrogen-bond donors (Lipinski definition) is 2. The number of nitrogens with two attached hydrogens (primary N) is 1. The number of nitrogens with one attached hydrogen (secondary N) is 1. The number of carbonyl (C=O) groups excluding carboxylic acids is 1. The molecule has 2 heterocycles. The number of hydrogen-bond acceptors (Lipinski definition) is 6. The number of nitrogens with zero attached hydrogens (tertiary/aromatic N) is 5. The number of fused-ring (bicyclic) bond motifs is 1. The largest absolute Gasteiger partial charge is 0.382 e. The van der Waals surface area contributed by atoms with E-state index in [1.807, 2.05) is 38.1 Å². The predicted octanol–water partition coefficient (Wildman–Crippen LogP) is 3.06. The van der Waals surface area contributed by atoms with Gasteiger partial charge in [-0.05, 0) is 34.8 Å². The van der Waals surface area contributed by atoms with Gasteiger partial charge in [0.1, 0.15) is 5.52 Å². The fraction of sp³-hybridized carbons (Fsp3) is 0.368. The molecule has 2 aromatic heterocycles. The molecule has 0 saturated carbocycles. The first-order valence-corrected chi connectivity index (χ1v) is 11.7. The van der Waals surface area contributed by atoms with Crippen LogP contribution in [0.4, 0.5) is 10.6 Å². The first kappa shape index (κ1) is 22.2. The summed E-state index contributed by atoms with van der Waals surface area (Å²) in [6.45, 7) is 4.53. The molecule has 0 aliphatic heterocycles. The molecule has 0 radical (unpaired) electrons. The molecule has 3 N–H and O–H groups in total. The van der Waals surface area contributed by atoms with E-state index in [1.54, 1.807) is 7.05 Å². The predicted molar refractivity (Wildman–Crippen MR) is 122 cm³/mol. The zero-order chi connectivity index (χ0) is 22.0. The highest BCUT2D eigenvalue weighted by Gasteiger charge is 2.25. The normalized spacial score (nSPS) is 12.3. The monoisotopic (exact) mass is 493 g/mol. The summed E-state index contributed by atoms with van der Waals surface area (Å²) in [5, 5.41) is 0.263. The van der Waals surface area contributed by atoms with Crippen LogP contribution in [0.5, 0.6) is 0 Å². The number of aromatic nitrogens is 4. The van der Waals surface area contributed by atoms with E-state index >= 15 is 0 Å². The van der Waals surface area contributed by atoms with Crippen LogP contribution in [0.1, 0.15) is 25.8 Å². The molecule has 0 aliphatic carbocycles. The fourth-order valence-corrected chi connectivity index (χ4v) is 4.01. The van der Waals surface area contributed by atoms with E-state index in [-0.39, 0.29) is 28.7 Å². The van der Waals surface area contributed by atoms with E-state index in [2.05, 4.69) is 25.9 Å². The molecule has 3 rings (SSSR count). The second-order valence-corrected chi connectivity index (χ2v) is 9.42. The summed E-state index contributed by atoms with van der Waals surface area (Å²) in [6, 6.07) is 7.05. The molecular formula is C19H24BrN7O2S. The zero-order valence-electron chi connectivity index (χ0n) is 17.1. The van der Waals surface area contributed by atoms with E-state index in [0.717, 1.165) is 21.0 Å². The van der Waals surface area contributed by atoms with Crippen LogP contribution < -0.4 is 11.4 Å². The average molecular weight is 494 g/mol. The molecule has 30 heavy (non-hydrogen) atoms. The Morgan fingerprint density at radius 1 is 1.27 bits per heavy atom. The van der Waals surface area contributed by atoms with Crippen molar-refractivity contribution in [3.63, 3.8) is 0 Å². The van der Waals surface area contributed by atoms with Crippen molar-refractivity contribution in [2.24, 2.45) is 0 Å². The number of imidazole rings is 1. The van der Waals surface area contributed by atoms with E-state index in [4.69, 9.17) is 10.5 Å². The first-order valence-electron chi connectivity index (χ1n) is 9.49. The minimum absolute atomic E-state index is 0.0260. The van der Waals surface area contributed by atoms with Gasteiger partial charge in [0.2, 0.25) is 5.16 Å². The van der Waals surface area contributed by atoms with Crippen LogP contribution in [0.2, 0.25) is 0 Å². The first-order chi connectivity index (χ1) is 14.3. The minimum atomic E-state index is -0.963. The van der Waals surface area contributed by atoms with Crippen LogP contribution in [0.15, 0.2) is 38.7 Å². The maximum absolute atomic E-state index is 13.3. The van der Waals surface area contributed by atoms with Gasteiger partial charge in [-0.15, -0.1) is 0 Å². The Labute approximate surface area is 184 Å². The summed E-state index contributed by atoms with van der Waals surface area (Å²) in [5.74, 6) is 0.555. The third kappa shape index (κ3) is 4.17. The van der Waals surface area contributed by atoms with Crippen molar-refractivity contribution in [1.29, 1.82) is 4.78 Å². The minimum Gasteiger partial charge on any atom is -0.382 e. The molecule has 0 aliphatic rings. The Hall–Kier alpha value is -2.53. The lowest BCUT2D eigenvalue weighted by Crippen LogP contribution is -2.38. The van der Waals surface area contributed by atoms with Crippen molar-refractivity contribution in [3.8, 4) is 0 Å². The number of nitrogen functional groups attached to an aromatic ring is 1. The topological polar surface area (TPSA) is 123 Å². The highest BCUT2D eigenvalue weighted by Crippen LogP contribution is 2.21. The number of carbonyl (C=O) groups is 1. The third-order valence-corrected chi connectivity index (χ3v) is 6.34. The van der Waals surface area contributed by atoms with E-state index in [0.29, 0.717) is 12.3 Å². The lowest BCUT2D eigenvalue weighted by atomic mass is 10.2. The van der Waals surface area contributed by atoms with Gasteiger partial charge in [0.25, 0.3) is 0 Å². The van der Waals surface area contributed by atoms with Crippen LogP contribution in [0.3, 0.4) is 0 Å². The summed E-state index contributed by atoms with van der Waals surface area (Å²) >= 11 is 3.40. The van der Waals surface area contributed by atoms with Crippen LogP contribution in [-0.4, -0.2) is 49.4 Å². The van der Waals surface area contributed by atoms with Gasteiger partial charge in [0, 0.05) is 23.8 Å². The molecule has 1 amide bonds. The summed E-state index contributed by atoms with van der Waals surface area (Å²) in [4.78, 5) is 36.5. The van der Waals surface area contributed by atoms with Gasteiger partial charge in [-0.1, -0.05) is 41.9 Å². The van der Waals surface area contributed by atoms with Gasteiger partial charge in [0.15, 0.2) is 11.5 Å². The molecule has 1 aromatic carbocycles. The molecule has 0 spiro atoms. The van der Waals surface area contributed by atoms with Crippen molar-refractivity contribution in [1.82, 2.24) is 24.0 Å². The lowest BCUT2D eigenvalue weighted by molar-refractivity contribution is 0.210. The molecule has 1 atom stereocenters. The molecule has 0 bridgehead atoms. The maximum Gasteiger partial charge on any atom is 0.339 e. The number of benzene rings is 1. The highest BCUT2D eigenvalue weighted by atomic mass is 79.9. The third-order valence-electron chi connectivity index (χ3n) is 4.61.